The molecule has 0 spiro atoms. The van der Waals surface area contributed by atoms with Gasteiger partial charge in [0.05, 0.1) is 31.0 Å². The minimum atomic E-state index is -5.07. The van der Waals surface area contributed by atoms with Gasteiger partial charge in [-0.15, -0.1) is 23.4 Å². The SMILES string of the molecule is O=C(CN1CCOCC1)Nc1cc(C(=O)Nc2nnc(-c3ccccc3C(F)(F)F)s2)ccc1OC(F)(F)F. The van der Waals surface area contributed by atoms with E-state index in [0.29, 0.717) is 37.6 Å². The second-order valence-corrected chi connectivity index (χ2v) is 9.08. The van der Waals surface area contributed by atoms with Gasteiger partial charge in [-0.05, 0) is 24.3 Å². The lowest BCUT2D eigenvalue weighted by atomic mass is 10.1. The van der Waals surface area contributed by atoms with Crippen LogP contribution in [0.3, 0.4) is 0 Å². The Balaban J connectivity index is 1.52. The van der Waals surface area contributed by atoms with Crippen molar-refractivity contribution in [2.75, 3.05) is 43.5 Å². The highest BCUT2D eigenvalue weighted by atomic mass is 32.1. The van der Waals surface area contributed by atoms with Crippen LogP contribution in [-0.4, -0.2) is 66.1 Å². The van der Waals surface area contributed by atoms with Crippen LogP contribution in [0.2, 0.25) is 0 Å². The zero-order chi connectivity index (χ0) is 28.2. The molecule has 3 aromatic rings. The van der Waals surface area contributed by atoms with E-state index in [9.17, 15) is 35.9 Å². The fraction of sp³-hybridized carbons (Fsp3) is 0.304. The third-order valence-electron chi connectivity index (χ3n) is 5.32. The Hall–Kier alpha value is -3.76. The van der Waals surface area contributed by atoms with Gasteiger partial charge in [0.25, 0.3) is 5.91 Å². The zero-order valence-electron chi connectivity index (χ0n) is 19.7. The van der Waals surface area contributed by atoms with E-state index in [0.717, 1.165) is 24.3 Å². The first kappa shape index (κ1) is 28.3. The molecule has 0 radical (unpaired) electrons. The predicted molar refractivity (Wildman–Crippen MR) is 127 cm³/mol. The Morgan fingerprint density at radius 3 is 2.41 bits per heavy atom. The summed E-state index contributed by atoms with van der Waals surface area (Å²) in [7, 11) is 0. The van der Waals surface area contributed by atoms with Crippen molar-refractivity contribution in [3.63, 3.8) is 0 Å². The van der Waals surface area contributed by atoms with E-state index in [4.69, 9.17) is 4.74 Å². The molecule has 1 fully saturated rings. The van der Waals surface area contributed by atoms with Crippen LogP contribution in [0.1, 0.15) is 15.9 Å². The fourth-order valence-electron chi connectivity index (χ4n) is 3.60. The summed E-state index contributed by atoms with van der Waals surface area (Å²) in [6, 6.07) is 7.57. The van der Waals surface area contributed by atoms with Crippen LogP contribution in [0.25, 0.3) is 10.6 Å². The number of ether oxygens (including phenoxy) is 2. The Kier molecular flexibility index (Phi) is 8.36. The second kappa shape index (κ2) is 11.5. The number of morpholine rings is 1. The quantitative estimate of drug-likeness (QED) is 0.396. The fourth-order valence-corrected chi connectivity index (χ4v) is 4.38. The number of alkyl halides is 6. The molecule has 0 saturated carbocycles. The van der Waals surface area contributed by atoms with Gasteiger partial charge in [-0.25, -0.2) is 0 Å². The average molecular weight is 575 g/mol. The van der Waals surface area contributed by atoms with Crippen LogP contribution in [0.5, 0.6) is 5.75 Å². The van der Waals surface area contributed by atoms with E-state index in [1.54, 1.807) is 4.90 Å². The maximum absolute atomic E-state index is 13.3. The lowest BCUT2D eigenvalue weighted by molar-refractivity contribution is -0.274. The molecule has 2 heterocycles. The Morgan fingerprint density at radius 1 is 1.00 bits per heavy atom. The molecular formula is C23H19F6N5O4S. The molecular weight excluding hydrogens is 556 g/mol. The molecule has 2 aromatic carbocycles. The number of rotatable bonds is 7. The molecule has 1 aliphatic heterocycles. The van der Waals surface area contributed by atoms with E-state index in [2.05, 4.69) is 25.6 Å². The lowest BCUT2D eigenvalue weighted by Gasteiger charge is -2.26. The number of aromatic nitrogens is 2. The van der Waals surface area contributed by atoms with E-state index in [1.807, 2.05) is 0 Å². The smallest absolute Gasteiger partial charge is 0.404 e. The number of benzene rings is 2. The maximum Gasteiger partial charge on any atom is 0.573 e. The first-order valence-corrected chi connectivity index (χ1v) is 12.0. The summed E-state index contributed by atoms with van der Waals surface area (Å²) in [5.74, 6) is -2.24. The molecule has 0 atom stereocenters. The molecule has 0 aliphatic carbocycles. The molecule has 1 aromatic heterocycles. The van der Waals surface area contributed by atoms with Crippen molar-refractivity contribution < 1.29 is 45.4 Å². The molecule has 0 bridgehead atoms. The van der Waals surface area contributed by atoms with E-state index >= 15 is 0 Å². The van der Waals surface area contributed by atoms with Crippen molar-refractivity contribution in [3.8, 4) is 16.3 Å². The molecule has 0 unspecified atom stereocenters. The third kappa shape index (κ3) is 7.64. The van der Waals surface area contributed by atoms with Crippen LogP contribution < -0.4 is 15.4 Å². The van der Waals surface area contributed by atoms with Crippen LogP contribution in [0.4, 0.5) is 37.2 Å². The van der Waals surface area contributed by atoms with E-state index in [1.165, 1.54) is 18.2 Å². The molecule has 9 nitrogen and oxygen atoms in total. The highest BCUT2D eigenvalue weighted by Crippen LogP contribution is 2.38. The minimum absolute atomic E-state index is 0.108. The van der Waals surface area contributed by atoms with Gasteiger partial charge in [-0.2, -0.15) is 13.2 Å². The van der Waals surface area contributed by atoms with Crippen molar-refractivity contribution in [2.24, 2.45) is 0 Å². The molecule has 39 heavy (non-hydrogen) atoms. The number of anilines is 2. The Bertz CT molecular complexity index is 1340. The zero-order valence-corrected chi connectivity index (χ0v) is 20.5. The number of amides is 2. The van der Waals surface area contributed by atoms with Crippen LogP contribution >= 0.6 is 11.3 Å². The molecule has 1 saturated heterocycles. The summed E-state index contributed by atoms with van der Waals surface area (Å²) in [5.41, 5.74) is -1.76. The van der Waals surface area contributed by atoms with Gasteiger partial charge in [0.1, 0.15) is 5.01 Å². The number of carbonyl (C=O) groups is 2. The van der Waals surface area contributed by atoms with Crippen LogP contribution in [-0.2, 0) is 15.7 Å². The van der Waals surface area contributed by atoms with Gasteiger partial charge in [0.15, 0.2) is 5.75 Å². The summed E-state index contributed by atoms with van der Waals surface area (Å²) in [6.07, 6.45) is -9.71. The van der Waals surface area contributed by atoms with Crippen molar-refractivity contribution in [2.45, 2.75) is 12.5 Å². The number of hydrogen-bond donors (Lipinski definition) is 2. The monoisotopic (exact) mass is 575 g/mol. The summed E-state index contributed by atoms with van der Waals surface area (Å²) in [5, 5.41) is 11.8. The Morgan fingerprint density at radius 2 is 1.72 bits per heavy atom. The first-order valence-electron chi connectivity index (χ1n) is 11.2. The third-order valence-corrected chi connectivity index (χ3v) is 6.19. The lowest BCUT2D eigenvalue weighted by Crippen LogP contribution is -2.41. The molecule has 2 N–H and O–H groups in total. The summed E-state index contributed by atoms with van der Waals surface area (Å²) in [6.45, 7) is 1.59. The summed E-state index contributed by atoms with van der Waals surface area (Å²) < 4.78 is 87.9. The highest BCUT2D eigenvalue weighted by molar-refractivity contribution is 7.18. The number of nitrogens with one attached hydrogen (secondary N) is 2. The van der Waals surface area contributed by atoms with Crippen molar-refractivity contribution in [1.82, 2.24) is 15.1 Å². The predicted octanol–water partition coefficient (Wildman–Crippen LogP) is 4.65. The highest BCUT2D eigenvalue weighted by Gasteiger charge is 2.35. The van der Waals surface area contributed by atoms with E-state index < -0.39 is 41.4 Å². The number of nitrogens with zero attached hydrogens (tertiary/aromatic N) is 3. The van der Waals surface area contributed by atoms with Crippen molar-refractivity contribution in [1.29, 1.82) is 0 Å². The standard InChI is InChI=1S/C23H19F6N5O4S/c24-22(25,26)15-4-2-1-3-14(15)20-32-33-21(39-20)31-19(36)13-5-6-17(38-23(27,28)29)16(11-13)30-18(35)12-34-7-9-37-10-8-34/h1-6,11H,7-10,12H2,(H,30,35)(H,31,33,36). The van der Waals surface area contributed by atoms with Crippen LogP contribution in [0.15, 0.2) is 42.5 Å². The van der Waals surface area contributed by atoms with Gasteiger partial charge in [0.2, 0.25) is 11.0 Å². The topological polar surface area (TPSA) is 106 Å². The van der Waals surface area contributed by atoms with Gasteiger partial charge in [0, 0.05) is 24.2 Å². The second-order valence-electron chi connectivity index (χ2n) is 8.11. The average Bonchev–Trinajstić information content (AvgIpc) is 3.32. The molecule has 4 rings (SSSR count). The minimum Gasteiger partial charge on any atom is -0.404 e. The van der Waals surface area contributed by atoms with E-state index in [-0.39, 0.29) is 27.8 Å². The molecule has 1 aliphatic rings. The van der Waals surface area contributed by atoms with Crippen molar-refractivity contribution in [3.05, 3.63) is 53.6 Å². The summed E-state index contributed by atoms with van der Waals surface area (Å²) >= 11 is 0.671. The van der Waals surface area contributed by atoms with Crippen LogP contribution in [0, 0.1) is 0 Å². The number of hydrogen-bond acceptors (Lipinski definition) is 8. The van der Waals surface area contributed by atoms with Gasteiger partial charge in [-0.1, -0.05) is 29.5 Å². The van der Waals surface area contributed by atoms with Gasteiger partial charge >= 0.3 is 12.5 Å². The van der Waals surface area contributed by atoms with Gasteiger partial charge < -0.3 is 14.8 Å². The Labute approximate surface area is 220 Å². The summed E-state index contributed by atoms with van der Waals surface area (Å²) in [4.78, 5) is 27.0. The maximum atomic E-state index is 13.3. The first-order chi connectivity index (χ1) is 18.4. The largest absolute Gasteiger partial charge is 0.573 e. The normalized spacial score (nSPS) is 14.6. The number of carbonyl (C=O) groups excluding carboxylic acids is 2. The van der Waals surface area contributed by atoms with Crippen molar-refractivity contribution >= 4 is 34.0 Å². The number of halogens is 6. The van der Waals surface area contributed by atoms with Gasteiger partial charge in [-0.3, -0.25) is 19.8 Å². The molecule has 16 heteroatoms. The molecule has 208 valence electrons. The molecule has 2 amide bonds.